The maximum Gasteiger partial charge on any atom is 0.269 e. The standard InChI is InChI=1S/C18H12INO2S/c19-23(14-11-9-13(10-12-14)20(21)22)17-7-3-1-5-15(17)16-6-2-4-8-18(16)23/h1-12H. The van der Waals surface area contributed by atoms with Crippen molar-refractivity contribution in [3.8, 4) is 11.1 Å². The highest BCUT2D eigenvalue weighted by atomic mass is 127. The Bertz CT molecular complexity index is 879. The van der Waals surface area contributed by atoms with Crippen LogP contribution in [0.1, 0.15) is 0 Å². The number of rotatable bonds is 2. The fraction of sp³-hybridized carbons (Fsp3) is 0. The van der Waals surface area contributed by atoms with Gasteiger partial charge in [-0.3, -0.25) is 10.1 Å². The fourth-order valence-corrected chi connectivity index (χ4v) is 8.93. The van der Waals surface area contributed by atoms with Gasteiger partial charge >= 0.3 is 0 Å². The molecule has 0 saturated carbocycles. The third-order valence-electron chi connectivity index (χ3n) is 4.04. The number of non-ortho nitro benzene ring substituents is 1. The number of hydrogen-bond donors (Lipinski definition) is 0. The van der Waals surface area contributed by atoms with Crippen LogP contribution in [0.3, 0.4) is 0 Å². The zero-order valence-corrected chi connectivity index (χ0v) is 15.0. The molecular weight excluding hydrogens is 421 g/mol. The Kier molecular flexibility index (Phi) is 3.42. The SMILES string of the molecule is O=[N+]([O-])c1ccc(S2(I)c3ccccc3-c3ccccc32)cc1. The molecule has 5 heteroatoms. The second-order valence-electron chi connectivity index (χ2n) is 5.28. The van der Waals surface area contributed by atoms with Crippen LogP contribution in [-0.2, 0) is 0 Å². The van der Waals surface area contributed by atoms with E-state index in [0.29, 0.717) is 0 Å². The van der Waals surface area contributed by atoms with E-state index >= 15 is 0 Å². The molecule has 3 aromatic carbocycles. The second kappa shape index (κ2) is 5.35. The first kappa shape index (κ1) is 14.7. The van der Waals surface area contributed by atoms with Crippen LogP contribution in [0.15, 0.2) is 87.5 Å². The molecule has 0 bridgehead atoms. The number of nitrogens with zero attached hydrogens (tertiary/aromatic N) is 1. The number of nitro benzene ring substituents is 1. The van der Waals surface area contributed by atoms with Crippen molar-refractivity contribution in [1.82, 2.24) is 0 Å². The maximum absolute atomic E-state index is 10.9. The minimum Gasteiger partial charge on any atom is -0.258 e. The summed E-state index contributed by atoms with van der Waals surface area (Å²) >= 11 is 2.56. The van der Waals surface area contributed by atoms with Crippen LogP contribution in [0.5, 0.6) is 0 Å². The Morgan fingerprint density at radius 1 is 0.783 bits per heavy atom. The molecule has 0 aromatic heterocycles. The molecule has 1 heterocycles. The Hall–Kier alpha value is -1.86. The molecule has 0 unspecified atom stereocenters. The summed E-state index contributed by atoms with van der Waals surface area (Å²) in [4.78, 5) is 14.3. The van der Waals surface area contributed by atoms with Crippen LogP contribution < -0.4 is 0 Å². The minimum atomic E-state index is -1.40. The van der Waals surface area contributed by atoms with Crippen LogP contribution in [0.25, 0.3) is 11.1 Å². The van der Waals surface area contributed by atoms with Crippen molar-refractivity contribution in [2.45, 2.75) is 14.7 Å². The lowest BCUT2D eigenvalue weighted by Crippen LogP contribution is -1.93. The van der Waals surface area contributed by atoms with E-state index in [2.05, 4.69) is 69.7 Å². The molecular formula is C18H12INO2S. The Morgan fingerprint density at radius 2 is 1.26 bits per heavy atom. The molecule has 0 aliphatic carbocycles. The van der Waals surface area contributed by atoms with Gasteiger partial charge in [0.2, 0.25) is 0 Å². The van der Waals surface area contributed by atoms with Gasteiger partial charge < -0.3 is 0 Å². The molecule has 0 radical (unpaired) electrons. The third kappa shape index (κ3) is 2.10. The van der Waals surface area contributed by atoms with E-state index in [1.807, 2.05) is 12.1 Å². The topological polar surface area (TPSA) is 43.1 Å². The molecule has 0 N–H and O–H groups in total. The van der Waals surface area contributed by atoms with Crippen LogP contribution in [0, 0.1) is 10.1 Å². The van der Waals surface area contributed by atoms with Crippen molar-refractivity contribution in [3.05, 3.63) is 82.9 Å². The fourth-order valence-electron chi connectivity index (χ4n) is 3.00. The predicted molar refractivity (Wildman–Crippen MR) is 101 cm³/mol. The molecule has 3 nitrogen and oxygen atoms in total. The molecule has 1 aliphatic rings. The largest absolute Gasteiger partial charge is 0.269 e. The van der Waals surface area contributed by atoms with Crippen molar-refractivity contribution in [3.63, 3.8) is 0 Å². The summed E-state index contributed by atoms with van der Waals surface area (Å²) in [5.41, 5.74) is 2.67. The predicted octanol–water partition coefficient (Wildman–Crippen LogP) is 6.21. The average molecular weight is 433 g/mol. The van der Waals surface area contributed by atoms with Gasteiger partial charge in [-0.2, -0.15) is 0 Å². The zero-order chi connectivity index (χ0) is 16.0. The van der Waals surface area contributed by atoms with Gasteiger partial charge in [-0.25, -0.2) is 0 Å². The number of hydrogen-bond acceptors (Lipinski definition) is 2. The van der Waals surface area contributed by atoms with Gasteiger partial charge in [-0.05, 0) is 56.6 Å². The van der Waals surface area contributed by atoms with Gasteiger partial charge in [0, 0.05) is 26.8 Å². The summed E-state index contributed by atoms with van der Waals surface area (Å²) in [5.74, 6) is 0. The van der Waals surface area contributed by atoms with E-state index in [-0.39, 0.29) is 10.6 Å². The number of benzene rings is 3. The maximum atomic E-state index is 10.9. The Balaban J connectivity index is 1.98. The highest BCUT2D eigenvalue weighted by molar-refractivity contribution is 14.2. The first-order valence-corrected chi connectivity index (χ1v) is 11.3. The Morgan fingerprint density at radius 3 is 1.74 bits per heavy atom. The molecule has 4 rings (SSSR count). The van der Waals surface area contributed by atoms with Crippen molar-refractivity contribution < 1.29 is 4.92 Å². The smallest absolute Gasteiger partial charge is 0.258 e. The van der Waals surface area contributed by atoms with Crippen molar-refractivity contribution in [1.29, 1.82) is 0 Å². The average Bonchev–Trinajstić information content (AvgIpc) is 2.86. The lowest BCUT2D eigenvalue weighted by atomic mass is 10.1. The monoisotopic (exact) mass is 433 g/mol. The molecule has 0 saturated heterocycles. The lowest BCUT2D eigenvalue weighted by molar-refractivity contribution is -0.384. The first-order chi connectivity index (χ1) is 11.1. The van der Waals surface area contributed by atoms with Crippen molar-refractivity contribution in [2.24, 2.45) is 0 Å². The third-order valence-corrected chi connectivity index (χ3v) is 11.3. The van der Waals surface area contributed by atoms with Gasteiger partial charge in [-0.1, -0.05) is 36.4 Å². The molecule has 23 heavy (non-hydrogen) atoms. The van der Waals surface area contributed by atoms with E-state index in [9.17, 15) is 10.1 Å². The summed E-state index contributed by atoms with van der Waals surface area (Å²) in [5, 5.41) is 10.9. The number of halogens is 1. The van der Waals surface area contributed by atoms with Crippen molar-refractivity contribution >= 4 is 34.1 Å². The zero-order valence-electron chi connectivity index (χ0n) is 12.0. The van der Waals surface area contributed by atoms with Crippen LogP contribution in [0.4, 0.5) is 5.69 Å². The first-order valence-electron chi connectivity index (χ1n) is 7.08. The highest BCUT2D eigenvalue weighted by Crippen LogP contribution is 2.80. The van der Waals surface area contributed by atoms with Crippen LogP contribution >= 0.6 is 28.4 Å². The van der Waals surface area contributed by atoms with Crippen molar-refractivity contribution in [2.75, 3.05) is 0 Å². The highest BCUT2D eigenvalue weighted by Gasteiger charge is 2.38. The summed E-state index contributed by atoms with van der Waals surface area (Å²) < 4.78 is 0. The van der Waals surface area contributed by atoms with Gasteiger partial charge in [-0.15, -0.1) is 7.20 Å². The number of nitro groups is 1. The van der Waals surface area contributed by atoms with E-state index in [4.69, 9.17) is 0 Å². The summed E-state index contributed by atoms with van der Waals surface area (Å²) in [6.07, 6.45) is 0. The Labute approximate surface area is 147 Å². The summed E-state index contributed by atoms with van der Waals surface area (Å²) in [7, 11) is -1.40. The van der Waals surface area contributed by atoms with Gasteiger partial charge in [0.1, 0.15) is 0 Å². The normalized spacial score (nSPS) is 15.5. The summed E-state index contributed by atoms with van der Waals surface area (Å²) in [6, 6.07) is 23.9. The molecule has 114 valence electrons. The van der Waals surface area contributed by atoms with Gasteiger partial charge in [0.05, 0.1) is 4.92 Å². The minimum absolute atomic E-state index is 0.132. The van der Waals surface area contributed by atoms with Crippen LogP contribution in [-0.4, -0.2) is 4.92 Å². The molecule has 0 amide bonds. The number of fused-ring (bicyclic) bond motifs is 3. The van der Waals surface area contributed by atoms with E-state index in [1.165, 1.54) is 20.9 Å². The van der Waals surface area contributed by atoms with Gasteiger partial charge in [0.25, 0.3) is 5.69 Å². The quantitative estimate of drug-likeness (QED) is 0.274. The molecule has 0 spiro atoms. The van der Waals surface area contributed by atoms with Crippen LogP contribution in [0.2, 0.25) is 0 Å². The molecule has 3 aromatic rings. The van der Waals surface area contributed by atoms with E-state index in [1.54, 1.807) is 12.1 Å². The van der Waals surface area contributed by atoms with E-state index < -0.39 is 7.20 Å². The molecule has 0 atom stereocenters. The second-order valence-corrected chi connectivity index (χ2v) is 11.7. The van der Waals surface area contributed by atoms with E-state index in [0.717, 1.165) is 4.90 Å². The molecule has 0 fully saturated rings. The lowest BCUT2D eigenvalue weighted by Gasteiger charge is -2.31. The molecule has 1 aliphatic heterocycles. The van der Waals surface area contributed by atoms with Gasteiger partial charge in [0.15, 0.2) is 0 Å². The summed E-state index contributed by atoms with van der Waals surface area (Å²) in [6.45, 7) is 0.